The molecule has 0 aromatic heterocycles. The molecule has 0 aromatic rings. The molecule has 9 nitrogen and oxygen atoms in total. The fourth-order valence-electron chi connectivity index (χ4n) is 6.95. The molecule has 7 unspecified atom stereocenters. The van der Waals surface area contributed by atoms with Crippen LogP contribution in [-0.2, 0) is 4.79 Å². The van der Waals surface area contributed by atoms with Gasteiger partial charge in [-0.05, 0) is 65.5 Å². The van der Waals surface area contributed by atoms with Gasteiger partial charge >= 0.3 is 0 Å². The molecule has 0 spiro atoms. The van der Waals surface area contributed by atoms with Crippen molar-refractivity contribution >= 4 is 5.91 Å². The van der Waals surface area contributed by atoms with Gasteiger partial charge in [-0.2, -0.15) is 0 Å². The van der Waals surface area contributed by atoms with Gasteiger partial charge in [0.15, 0.2) is 0 Å². The van der Waals surface area contributed by atoms with E-state index in [0.717, 1.165) is 51.6 Å². The van der Waals surface area contributed by atoms with Crippen LogP contribution in [0, 0.1) is 23.7 Å². The Labute approximate surface area is 206 Å². The molecule has 6 N–H and O–H groups in total. The summed E-state index contributed by atoms with van der Waals surface area (Å²) in [5.74, 6) is 1.97. The summed E-state index contributed by atoms with van der Waals surface area (Å²) in [6.45, 7) is 10.9. The molecule has 1 amide bonds. The zero-order valence-electron chi connectivity index (χ0n) is 21.9. The van der Waals surface area contributed by atoms with E-state index in [-0.39, 0.29) is 24.2 Å². The molecule has 4 aliphatic rings. The van der Waals surface area contributed by atoms with Crippen LogP contribution < -0.4 is 27.1 Å². The number of fused-ring (bicyclic) bond motifs is 1. The van der Waals surface area contributed by atoms with Crippen molar-refractivity contribution in [3.8, 4) is 0 Å². The van der Waals surface area contributed by atoms with Gasteiger partial charge in [0.05, 0.1) is 12.3 Å². The molecule has 0 aromatic carbocycles. The molecule has 1 saturated carbocycles. The minimum absolute atomic E-state index is 0.0551. The number of hydrogen-bond acceptors (Lipinski definition) is 8. The maximum atomic E-state index is 13.5. The molecule has 4 rings (SSSR count). The minimum atomic E-state index is 0.0551. The van der Waals surface area contributed by atoms with Gasteiger partial charge in [0.2, 0.25) is 5.91 Å². The second kappa shape index (κ2) is 12.0. The summed E-state index contributed by atoms with van der Waals surface area (Å²) in [6, 6.07) is 0.790. The highest BCUT2D eigenvalue weighted by Gasteiger charge is 2.49. The summed E-state index contributed by atoms with van der Waals surface area (Å²) in [5, 5.41) is 13.2. The van der Waals surface area contributed by atoms with Crippen LogP contribution in [0.2, 0.25) is 0 Å². The Morgan fingerprint density at radius 2 is 2.09 bits per heavy atom. The second-order valence-electron chi connectivity index (χ2n) is 11.6. The molecule has 0 bridgehead atoms. The zero-order chi connectivity index (χ0) is 24.2. The fraction of sp³-hybridized carbons (Fsp3) is 0.960. The summed E-state index contributed by atoms with van der Waals surface area (Å²) in [7, 11) is 4.32. The van der Waals surface area contributed by atoms with Crippen molar-refractivity contribution in [1.29, 1.82) is 0 Å². The molecule has 34 heavy (non-hydrogen) atoms. The molecule has 4 fully saturated rings. The molecule has 9 heteroatoms. The number of amides is 1. The topological polar surface area (TPSA) is 101 Å². The van der Waals surface area contributed by atoms with Crippen molar-refractivity contribution in [2.24, 2.45) is 29.4 Å². The highest BCUT2D eigenvalue weighted by Crippen LogP contribution is 2.39. The number of hydrogen-bond donors (Lipinski definition) is 5. The number of nitrogens with one attached hydrogen (secondary N) is 4. The lowest BCUT2D eigenvalue weighted by Crippen LogP contribution is -2.62. The number of rotatable bonds is 9. The molecule has 196 valence electrons. The van der Waals surface area contributed by atoms with Crippen LogP contribution in [-0.4, -0.2) is 105 Å². The Morgan fingerprint density at radius 3 is 2.79 bits per heavy atom. The first kappa shape index (κ1) is 26.3. The van der Waals surface area contributed by atoms with E-state index in [9.17, 15) is 4.79 Å². The SMILES string of the molecule is CC(C)N1NCC2C(C(=O)NCC3NCCN3C)CC(C3CCCC(CN(C)CCN)C3)NC21. The largest absolute Gasteiger partial charge is 0.353 e. The van der Waals surface area contributed by atoms with Crippen LogP contribution in [0.25, 0.3) is 0 Å². The second-order valence-corrected chi connectivity index (χ2v) is 11.6. The van der Waals surface area contributed by atoms with Gasteiger partial charge in [-0.25, -0.2) is 5.01 Å². The Bertz CT molecular complexity index is 663. The highest BCUT2D eigenvalue weighted by atomic mass is 16.2. The quantitative estimate of drug-likeness (QED) is 0.311. The molecule has 3 saturated heterocycles. The van der Waals surface area contributed by atoms with E-state index in [1.54, 1.807) is 0 Å². The molecule has 0 radical (unpaired) electrons. The molecule has 3 heterocycles. The van der Waals surface area contributed by atoms with E-state index in [0.29, 0.717) is 30.5 Å². The average molecular weight is 479 g/mol. The van der Waals surface area contributed by atoms with Gasteiger partial charge in [0.25, 0.3) is 0 Å². The highest BCUT2D eigenvalue weighted by molar-refractivity contribution is 5.79. The Morgan fingerprint density at radius 1 is 1.26 bits per heavy atom. The van der Waals surface area contributed by atoms with Crippen molar-refractivity contribution in [2.45, 2.75) is 70.4 Å². The van der Waals surface area contributed by atoms with Gasteiger partial charge in [0.1, 0.15) is 0 Å². The van der Waals surface area contributed by atoms with Gasteiger partial charge in [-0.1, -0.05) is 6.42 Å². The number of hydrazine groups is 1. The van der Waals surface area contributed by atoms with Crippen LogP contribution in [0.4, 0.5) is 0 Å². The Balaban J connectivity index is 1.42. The first-order valence-corrected chi connectivity index (χ1v) is 13.7. The first-order chi connectivity index (χ1) is 16.4. The maximum absolute atomic E-state index is 13.5. The average Bonchev–Trinajstić information content (AvgIpc) is 3.43. The normalized spacial score (nSPS) is 37.4. The van der Waals surface area contributed by atoms with Crippen LogP contribution in [0.5, 0.6) is 0 Å². The van der Waals surface area contributed by atoms with Crippen molar-refractivity contribution in [1.82, 2.24) is 36.2 Å². The number of carbonyl (C=O) groups excluding carboxylic acids is 1. The van der Waals surface area contributed by atoms with E-state index in [1.165, 1.54) is 25.7 Å². The molecular weight excluding hydrogens is 428 g/mol. The van der Waals surface area contributed by atoms with Crippen molar-refractivity contribution in [3.05, 3.63) is 0 Å². The summed E-state index contributed by atoms with van der Waals surface area (Å²) in [4.78, 5) is 18.2. The van der Waals surface area contributed by atoms with E-state index < -0.39 is 0 Å². The standard InChI is InChI=1S/C25H50N8O/c1-17(2)33-24-21(14-29-33)20(25(34)28-15-23-27-9-11-32(23)4)13-22(30-24)19-7-5-6-18(12-19)16-31(3)10-8-26/h17-24,27,29-30H,5-16,26H2,1-4H3,(H,28,34). The number of nitrogens with zero attached hydrogens (tertiary/aromatic N) is 3. The molecule has 7 atom stereocenters. The number of carbonyl (C=O) groups is 1. The maximum Gasteiger partial charge on any atom is 0.223 e. The van der Waals surface area contributed by atoms with Crippen LogP contribution in [0.3, 0.4) is 0 Å². The predicted octanol–water partition coefficient (Wildman–Crippen LogP) is -0.190. The number of piperidine rings is 1. The van der Waals surface area contributed by atoms with Gasteiger partial charge in [-0.15, -0.1) is 0 Å². The summed E-state index contributed by atoms with van der Waals surface area (Å²) < 4.78 is 0. The van der Waals surface area contributed by atoms with Gasteiger partial charge in [0, 0.05) is 69.7 Å². The molecular formula is C25H50N8O. The van der Waals surface area contributed by atoms with E-state index in [1.807, 2.05) is 0 Å². The smallest absolute Gasteiger partial charge is 0.223 e. The first-order valence-electron chi connectivity index (χ1n) is 13.7. The third-order valence-corrected chi connectivity index (χ3v) is 8.84. The lowest BCUT2D eigenvalue weighted by atomic mass is 9.71. The monoisotopic (exact) mass is 478 g/mol. The molecule has 1 aliphatic carbocycles. The Kier molecular flexibility index (Phi) is 9.23. The summed E-state index contributed by atoms with van der Waals surface area (Å²) >= 11 is 0. The van der Waals surface area contributed by atoms with Crippen molar-refractivity contribution in [2.75, 3.05) is 59.9 Å². The third kappa shape index (κ3) is 6.11. The lowest BCUT2D eigenvalue weighted by Gasteiger charge is -2.46. The van der Waals surface area contributed by atoms with Gasteiger partial charge < -0.3 is 16.0 Å². The van der Waals surface area contributed by atoms with Gasteiger partial charge in [-0.3, -0.25) is 25.8 Å². The van der Waals surface area contributed by atoms with E-state index in [4.69, 9.17) is 5.73 Å². The number of likely N-dealkylation sites (N-methyl/N-ethyl adjacent to an activating group) is 2. The van der Waals surface area contributed by atoms with Crippen LogP contribution in [0.15, 0.2) is 0 Å². The van der Waals surface area contributed by atoms with Crippen molar-refractivity contribution in [3.63, 3.8) is 0 Å². The summed E-state index contributed by atoms with van der Waals surface area (Å²) in [5.41, 5.74) is 9.39. The van der Waals surface area contributed by atoms with Crippen molar-refractivity contribution < 1.29 is 4.79 Å². The fourth-order valence-corrected chi connectivity index (χ4v) is 6.95. The van der Waals surface area contributed by atoms with Crippen LogP contribution in [0.1, 0.15) is 46.0 Å². The predicted molar refractivity (Wildman–Crippen MR) is 137 cm³/mol. The van der Waals surface area contributed by atoms with Crippen LogP contribution >= 0.6 is 0 Å². The molecule has 3 aliphatic heterocycles. The third-order valence-electron chi connectivity index (χ3n) is 8.84. The number of nitrogens with two attached hydrogens (primary N) is 1. The lowest BCUT2D eigenvalue weighted by molar-refractivity contribution is -0.129. The minimum Gasteiger partial charge on any atom is -0.353 e. The van der Waals surface area contributed by atoms with E-state index >= 15 is 0 Å². The van der Waals surface area contributed by atoms with E-state index in [2.05, 4.69) is 64.1 Å². The summed E-state index contributed by atoms with van der Waals surface area (Å²) in [6.07, 6.45) is 6.55. The Hall–Kier alpha value is -0.810. The zero-order valence-corrected chi connectivity index (χ0v) is 21.9.